The molecule has 1 aromatic carbocycles. The van der Waals surface area contributed by atoms with Gasteiger partial charge in [0.05, 0.1) is 5.52 Å². The fourth-order valence-electron chi connectivity index (χ4n) is 2.37. The molecule has 0 spiro atoms. The van der Waals surface area contributed by atoms with Gasteiger partial charge in [-0.1, -0.05) is 23.8 Å². The Morgan fingerprint density at radius 3 is 3.00 bits per heavy atom. The molecule has 0 unspecified atom stereocenters. The fourth-order valence-corrected chi connectivity index (χ4v) is 3.14. The van der Waals surface area contributed by atoms with Crippen molar-refractivity contribution in [3.8, 4) is 11.4 Å². The smallest absolute Gasteiger partial charge is 0.270 e. The van der Waals surface area contributed by atoms with Gasteiger partial charge in [0.15, 0.2) is 5.82 Å². The molecule has 0 bridgehead atoms. The molecule has 3 heterocycles. The van der Waals surface area contributed by atoms with Crippen LogP contribution in [-0.2, 0) is 0 Å². The molecule has 1 N–H and O–H groups in total. The van der Waals surface area contributed by atoms with E-state index in [1.165, 1.54) is 11.3 Å². The Bertz CT molecular complexity index is 995. The quantitative estimate of drug-likeness (QED) is 0.583. The number of H-pyrrole nitrogens is 1. The van der Waals surface area contributed by atoms with E-state index in [4.69, 9.17) is 0 Å². The van der Waals surface area contributed by atoms with Crippen LogP contribution >= 0.6 is 11.3 Å². The number of hydrogen-bond donors (Lipinski definition) is 1. The zero-order valence-corrected chi connectivity index (χ0v) is 11.4. The Hall–Kier alpha value is -2.47. The van der Waals surface area contributed by atoms with Gasteiger partial charge in [-0.05, 0) is 24.4 Å². The van der Waals surface area contributed by atoms with E-state index in [-0.39, 0.29) is 5.56 Å². The number of nitrogens with zero attached hydrogens (tertiary/aromatic N) is 3. The summed E-state index contributed by atoms with van der Waals surface area (Å²) in [5, 5.41) is 10.2. The van der Waals surface area contributed by atoms with Crippen LogP contribution in [0.5, 0.6) is 0 Å². The van der Waals surface area contributed by atoms with Gasteiger partial charge in [-0.3, -0.25) is 14.2 Å². The van der Waals surface area contributed by atoms with Crippen LogP contribution in [0, 0.1) is 6.92 Å². The Morgan fingerprint density at radius 1 is 1.25 bits per heavy atom. The van der Waals surface area contributed by atoms with Gasteiger partial charge in [0.25, 0.3) is 5.56 Å². The maximum Gasteiger partial charge on any atom is 0.270 e. The summed E-state index contributed by atoms with van der Waals surface area (Å²) in [5.74, 6) is 1.21. The maximum absolute atomic E-state index is 11.9. The van der Waals surface area contributed by atoms with Crippen LogP contribution in [0.25, 0.3) is 27.4 Å². The van der Waals surface area contributed by atoms with Crippen LogP contribution in [-0.4, -0.2) is 19.6 Å². The average molecular weight is 282 g/mol. The molecule has 6 heteroatoms. The van der Waals surface area contributed by atoms with E-state index >= 15 is 0 Å². The molecule has 20 heavy (non-hydrogen) atoms. The highest BCUT2D eigenvalue weighted by molar-refractivity contribution is 7.17. The predicted octanol–water partition coefficient (Wildman–Crippen LogP) is 2.61. The van der Waals surface area contributed by atoms with Crippen molar-refractivity contribution in [2.24, 2.45) is 0 Å². The molecule has 5 nitrogen and oxygen atoms in total. The molecule has 98 valence electrons. The minimum Gasteiger partial charge on any atom is -0.289 e. The minimum absolute atomic E-state index is 0.120. The van der Waals surface area contributed by atoms with Gasteiger partial charge >= 0.3 is 0 Å². The van der Waals surface area contributed by atoms with E-state index in [0.717, 1.165) is 22.5 Å². The third-order valence-electron chi connectivity index (χ3n) is 3.26. The Kier molecular flexibility index (Phi) is 2.28. The number of nitrogens with one attached hydrogen (secondary N) is 1. The molecular formula is C14H10N4OS. The minimum atomic E-state index is -0.120. The van der Waals surface area contributed by atoms with Crippen molar-refractivity contribution >= 4 is 27.3 Å². The average Bonchev–Trinajstić information content (AvgIpc) is 3.04. The summed E-state index contributed by atoms with van der Waals surface area (Å²) >= 11 is 1.42. The van der Waals surface area contributed by atoms with E-state index in [1.807, 2.05) is 41.0 Å². The lowest BCUT2D eigenvalue weighted by atomic mass is 10.1. The molecule has 4 aromatic rings. The monoisotopic (exact) mass is 282 g/mol. The van der Waals surface area contributed by atoms with Crippen molar-refractivity contribution in [1.29, 1.82) is 0 Å². The molecule has 0 aliphatic rings. The lowest BCUT2D eigenvalue weighted by molar-refractivity contribution is 1.09. The van der Waals surface area contributed by atoms with E-state index in [0.29, 0.717) is 10.5 Å². The van der Waals surface area contributed by atoms with Gasteiger partial charge in [-0.25, -0.2) is 0 Å². The molecule has 0 radical (unpaired) electrons. The van der Waals surface area contributed by atoms with Crippen LogP contribution in [0.4, 0.5) is 0 Å². The highest BCUT2D eigenvalue weighted by atomic mass is 32.1. The number of aromatic nitrogens is 4. The lowest BCUT2D eigenvalue weighted by Crippen LogP contribution is -2.08. The maximum atomic E-state index is 11.9. The molecular weight excluding hydrogens is 272 g/mol. The second-order valence-electron chi connectivity index (χ2n) is 4.64. The van der Waals surface area contributed by atoms with Crippen LogP contribution in [0.3, 0.4) is 0 Å². The SMILES string of the molecule is Cc1cccc(-c2nnc3[nH]c(=O)c4sccc4n23)c1. The molecule has 4 rings (SSSR count). The summed E-state index contributed by atoms with van der Waals surface area (Å²) in [5.41, 5.74) is 2.86. The Balaban J connectivity index is 2.16. The van der Waals surface area contributed by atoms with Crippen molar-refractivity contribution < 1.29 is 0 Å². The van der Waals surface area contributed by atoms with Gasteiger partial charge < -0.3 is 0 Å². The number of aryl methyl sites for hydroxylation is 1. The number of benzene rings is 1. The summed E-state index contributed by atoms with van der Waals surface area (Å²) in [6, 6.07) is 9.99. The molecule has 0 aliphatic carbocycles. The number of aromatic amines is 1. The first-order valence-corrected chi connectivity index (χ1v) is 7.04. The van der Waals surface area contributed by atoms with E-state index in [2.05, 4.69) is 21.2 Å². The second kappa shape index (κ2) is 4.01. The zero-order chi connectivity index (χ0) is 13.7. The molecule has 0 fully saturated rings. The largest absolute Gasteiger partial charge is 0.289 e. The van der Waals surface area contributed by atoms with Crippen molar-refractivity contribution in [3.05, 3.63) is 51.6 Å². The van der Waals surface area contributed by atoms with Crippen molar-refractivity contribution in [2.45, 2.75) is 6.92 Å². The number of thiophene rings is 1. The molecule has 0 atom stereocenters. The number of fused-ring (bicyclic) bond motifs is 3. The van der Waals surface area contributed by atoms with Gasteiger partial charge in [0.1, 0.15) is 4.70 Å². The third kappa shape index (κ3) is 1.51. The van der Waals surface area contributed by atoms with Crippen LogP contribution in [0.2, 0.25) is 0 Å². The van der Waals surface area contributed by atoms with E-state index < -0.39 is 0 Å². The molecule has 0 amide bonds. The highest BCUT2D eigenvalue weighted by Gasteiger charge is 2.13. The summed E-state index contributed by atoms with van der Waals surface area (Å²) in [7, 11) is 0. The van der Waals surface area contributed by atoms with Gasteiger partial charge in [-0.2, -0.15) is 0 Å². The van der Waals surface area contributed by atoms with Crippen molar-refractivity contribution in [3.63, 3.8) is 0 Å². The summed E-state index contributed by atoms with van der Waals surface area (Å²) < 4.78 is 2.58. The van der Waals surface area contributed by atoms with Crippen molar-refractivity contribution in [2.75, 3.05) is 0 Å². The fraction of sp³-hybridized carbons (Fsp3) is 0.0714. The van der Waals surface area contributed by atoms with Gasteiger partial charge in [0, 0.05) is 5.56 Å². The summed E-state index contributed by atoms with van der Waals surface area (Å²) in [4.78, 5) is 14.7. The first-order valence-electron chi connectivity index (χ1n) is 6.16. The van der Waals surface area contributed by atoms with Gasteiger partial charge in [0.2, 0.25) is 5.78 Å². The standard InChI is InChI=1S/C14H10N4OS/c1-8-3-2-4-9(7-8)12-16-17-14-15-13(19)11-10(18(12)14)5-6-20-11/h2-7H,1H3,(H,15,17,19). The van der Waals surface area contributed by atoms with Crippen molar-refractivity contribution in [1.82, 2.24) is 19.6 Å². The second-order valence-corrected chi connectivity index (χ2v) is 5.56. The van der Waals surface area contributed by atoms with Crippen LogP contribution in [0.15, 0.2) is 40.5 Å². The molecule has 0 saturated carbocycles. The molecule has 0 saturated heterocycles. The van der Waals surface area contributed by atoms with Crippen LogP contribution < -0.4 is 5.56 Å². The summed E-state index contributed by atoms with van der Waals surface area (Å²) in [6.07, 6.45) is 0. The van der Waals surface area contributed by atoms with E-state index in [9.17, 15) is 4.79 Å². The zero-order valence-electron chi connectivity index (χ0n) is 10.6. The first-order chi connectivity index (χ1) is 9.74. The predicted molar refractivity (Wildman–Crippen MR) is 79.2 cm³/mol. The number of rotatable bonds is 1. The third-order valence-corrected chi connectivity index (χ3v) is 4.16. The summed E-state index contributed by atoms with van der Waals surface area (Å²) in [6.45, 7) is 2.04. The highest BCUT2D eigenvalue weighted by Crippen LogP contribution is 2.24. The molecule has 3 aromatic heterocycles. The molecule has 0 aliphatic heterocycles. The normalized spacial score (nSPS) is 11.4. The lowest BCUT2D eigenvalue weighted by Gasteiger charge is -2.02. The van der Waals surface area contributed by atoms with Crippen LogP contribution in [0.1, 0.15) is 5.56 Å². The van der Waals surface area contributed by atoms with E-state index in [1.54, 1.807) is 0 Å². The Morgan fingerprint density at radius 2 is 2.15 bits per heavy atom. The van der Waals surface area contributed by atoms with Gasteiger partial charge in [-0.15, -0.1) is 21.5 Å². The first kappa shape index (κ1) is 11.4. The Labute approximate surface area is 117 Å². The number of hydrogen-bond acceptors (Lipinski definition) is 4. The topological polar surface area (TPSA) is 63.0 Å².